The lowest BCUT2D eigenvalue weighted by atomic mass is 10.2. The van der Waals surface area contributed by atoms with Crippen LogP contribution in [0.4, 0.5) is 5.69 Å². The number of ether oxygens (including phenoxy) is 1. The number of amides is 1. The molecular weight excluding hydrogens is 342 g/mol. The van der Waals surface area contributed by atoms with Crippen LogP contribution in [0.1, 0.15) is 5.56 Å². The van der Waals surface area contributed by atoms with Crippen LogP contribution in [0.25, 0.3) is 11.0 Å². The Morgan fingerprint density at radius 2 is 2.00 bits per heavy atom. The van der Waals surface area contributed by atoms with E-state index in [1.54, 1.807) is 36.7 Å². The summed E-state index contributed by atoms with van der Waals surface area (Å²) in [5, 5.41) is 3.70. The van der Waals surface area contributed by atoms with Crippen LogP contribution in [0.2, 0.25) is 0 Å². The first kappa shape index (κ1) is 16.7. The number of rotatable bonds is 5. The molecule has 4 aromatic rings. The van der Waals surface area contributed by atoms with Gasteiger partial charge in [-0.1, -0.05) is 6.07 Å². The lowest BCUT2D eigenvalue weighted by Crippen LogP contribution is -2.14. The highest BCUT2D eigenvalue weighted by Gasteiger charge is 2.09. The van der Waals surface area contributed by atoms with E-state index in [4.69, 9.17) is 4.74 Å². The number of carbonyl (C=O) groups excluding carboxylic acids is 1. The predicted octanol–water partition coefficient (Wildman–Crippen LogP) is 3.34. The number of aromatic nitrogens is 4. The summed E-state index contributed by atoms with van der Waals surface area (Å²) in [7, 11) is 1.92. The molecule has 27 heavy (non-hydrogen) atoms. The molecule has 0 aliphatic carbocycles. The number of anilines is 1. The number of pyridine rings is 1. The zero-order valence-electron chi connectivity index (χ0n) is 14.7. The maximum absolute atomic E-state index is 12.1. The van der Waals surface area contributed by atoms with E-state index in [9.17, 15) is 4.79 Å². The maximum Gasteiger partial charge on any atom is 0.231 e. The number of benzene rings is 1. The van der Waals surface area contributed by atoms with E-state index >= 15 is 0 Å². The molecule has 0 saturated heterocycles. The van der Waals surface area contributed by atoms with E-state index in [1.807, 2.05) is 36.0 Å². The maximum atomic E-state index is 12.1. The molecule has 0 aliphatic rings. The number of aryl methyl sites for hydroxylation is 1. The van der Waals surface area contributed by atoms with Crippen molar-refractivity contribution >= 4 is 22.6 Å². The first-order chi connectivity index (χ1) is 13.2. The highest BCUT2D eigenvalue weighted by atomic mass is 16.5. The minimum atomic E-state index is -0.0986. The molecule has 0 unspecified atom stereocenters. The first-order valence-electron chi connectivity index (χ1n) is 8.42. The van der Waals surface area contributed by atoms with Crippen LogP contribution in [-0.4, -0.2) is 25.4 Å². The molecule has 1 N–H and O–H groups in total. The number of hydrogen-bond donors (Lipinski definition) is 1. The number of nitrogens with one attached hydrogen (secondary N) is 1. The third-order valence-electron chi connectivity index (χ3n) is 4.07. The summed E-state index contributed by atoms with van der Waals surface area (Å²) in [5.74, 6) is 1.02. The smallest absolute Gasteiger partial charge is 0.231 e. The molecule has 0 atom stereocenters. The van der Waals surface area contributed by atoms with Gasteiger partial charge in [-0.05, 0) is 42.0 Å². The van der Waals surface area contributed by atoms with Crippen LogP contribution in [0, 0.1) is 0 Å². The first-order valence-corrected chi connectivity index (χ1v) is 8.42. The number of hydrogen-bond acceptors (Lipinski definition) is 5. The van der Waals surface area contributed by atoms with Crippen molar-refractivity contribution in [3.8, 4) is 11.6 Å². The standard InChI is InChI=1S/C20H17N5O2/c1-25-10-8-17-19(25)22-13-23-20(17)27-16-6-4-15(5-7-16)24-18(26)11-14-3-2-9-21-12-14/h2-10,12-13H,11H2,1H3,(H,24,26). The summed E-state index contributed by atoms with van der Waals surface area (Å²) >= 11 is 0. The van der Waals surface area contributed by atoms with Gasteiger partial charge in [0.25, 0.3) is 0 Å². The molecule has 0 fully saturated rings. The molecule has 134 valence electrons. The summed E-state index contributed by atoms with van der Waals surface area (Å²) in [5.41, 5.74) is 2.37. The Balaban J connectivity index is 1.43. The Labute approximate surface area is 155 Å². The van der Waals surface area contributed by atoms with E-state index in [2.05, 4.69) is 20.3 Å². The summed E-state index contributed by atoms with van der Waals surface area (Å²) in [4.78, 5) is 24.6. The second-order valence-corrected chi connectivity index (χ2v) is 6.06. The van der Waals surface area contributed by atoms with E-state index in [-0.39, 0.29) is 12.3 Å². The molecule has 0 radical (unpaired) electrons. The number of nitrogens with zero attached hydrogens (tertiary/aromatic N) is 4. The van der Waals surface area contributed by atoms with Gasteiger partial charge >= 0.3 is 0 Å². The van der Waals surface area contributed by atoms with E-state index < -0.39 is 0 Å². The average molecular weight is 359 g/mol. The van der Waals surface area contributed by atoms with Gasteiger partial charge in [0.15, 0.2) is 0 Å². The normalized spacial score (nSPS) is 10.7. The van der Waals surface area contributed by atoms with Gasteiger partial charge in [-0.25, -0.2) is 9.97 Å². The summed E-state index contributed by atoms with van der Waals surface area (Å²) in [6.45, 7) is 0. The molecule has 4 rings (SSSR count). The SMILES string of the molecule is Cn1ccc2c(Oc3ccc(NC(=O)Cc4cccnc4)cc3)ncnc21. The second kappa shape index (κ2) is 7.25. The molecule has 0 spiro atoms. The van der Waals surface area contributed by atoms with Gasteiger partial charge in [-0.2, -0.15) is 0 Å². The molecular formula is C20H17N5O2. The lowest BCUT2D eigenvalue weighted by molar-refractivity contribution is -0.115. The Morgan fingerprint density at radius 3 is 2.78 bits per heavy atom. The third kappa shape index (κ3) is 3.77. The summed E-state index contributed by atoms with van der Waals surface area (Å²) in [6, 6.07) is 12.8. The van der Waals surface area contributed by atoms with Crippen LogP contribution in [-0.2, 0) is 18.3 Å². The van der Waals surface area contributed by atoms with Crippen molar-refractivity contribution in [1.82, 2.24) is 19.5 Å². The van der Waals surface area contributed by atoms with Crippen LogP contribution >= 0.6 is 0 Å². The molecule has 3 aromatic heterocycles. The molecule has 7 heteroatoms. The van der Waals surface area contributed by atoms with Crippen molar-refractivity contribution in [1.29, 1.82) is 0 Å². The summed E-state index contributed by atoms with van der Waals surface area (Å²) in [6.07, 6.45) is 7.03. The minimum Gasteiger partial charge on any atom is -0.438 e. The van der Waals surface area contributed by atoms with Crippen LogP contribution in [0.5, 0.6) is 11.6 Å². The van der Waals surface area contributed by atoms with Gasteiger partial charge in [-0.15, -0.1) is 0 Å². The van der Waals surface area contributed by atoms with Crippen molar-refractivity contribution < 1.29 is 9.53 Å². The van der Waals surface area contributed by atoms with Crippen molar-refractivity contribution in [2.45, 2.75) is 6.42 Å². The Bertz CT molecular complexity index is 1070. The Hall–Kier alpha value is -3.74. The van der Waals surface area contributed by atoms with Crippen LogP contribution in [0.15, 0.2) is 67.4 Å². The van der Waals surface area contributed by atoms with Gasteiger partial charge in [-0.3, -0.25) is 9.78 Å². The second-order valence-electron chi connectivity index (χ2n) is 6.06. The highest BCUT2D eigenvalue weighted by Crippen LogP contribution is 2.27. The Kier molecular flexibility index (Phi) is 4.49. The highest BCUT2D eigenvalue weighted by molar-refractivity contribution is 5.92. The minimum absolute atomic E-state index is 0.0986. The van der Waals surface area contributed by atoms with Gasteiger partial charge in [0, 0.05) is 31.3 Å². The fourth-order valence-electron chi connectivity index (χ4n) is 2.75. The van der Waals surface area contributed by atoms with Crippen LogP contribution in [0.3, 0.4) is 0 Å². The average Bonchev–Trinajstić information content (AvgIpc) is 3.06. The third-order valence-corrected chi connectivity index (χ3v) is 4.07. The number of carbonyl (C=O) groups is 1. The largest absolute Gasteiger partial charge is 0.438 e. The molecule has 0 aliphatic heterocycles. The number of fused-ring (bicyclic) bond motifs is 1. The molecule has 1 amide bonds. The van der Waals surface area contributed by atoms with Crippen molar-refractivity contribution in [3.05, 3.63) is 72.9 Å². The van der Waals surface area contributed by atoms with E-state index in [1.165, 1.54) is 6.33 Å². The van der Waals surface area contributed by atoms with Crippen molar-refractivity contribution in [3.63, 3.8) is 0 Å². The van der Waals surface area contributed by atoms with Gasteiger partial charge in [0.2, 0.25) is 11.8 Å². The van der Waals surface area contributed by atoms with Gasteiger partial charge in [0.05, 0.1) is 11.8 Å². The molecule has 3 heterocycles. The van der Waals surface area contributed by atoms with Gasteiger partial charge in [0.1, 0.15) is 17.7 Å². The molecule has 1 aromatic carbocycles. The quantitative estimate of drug-likeness (QED) is 0.591. The zero-order chi connectivity index (χ0) is 18.6. The fraction of sp³-hybridized carbons (Fsp3) is 0.100. The Morgan fingerprint density at radius 1 is 1.15 bits per heavy atom. The van der Waals surface area contributed by atoms with Gasteiger partial charge < -0.3 is 14.6 Å². The van der Waals surface area contributed by atoms with E-state index in [0.29, 0.717) is 17.3 Å². The molecule has 0 saturated carbocycles. The molecule has 7 nitrogen and oxygen atoms in total. The van der Waals surface area contributed by atoms with Crippen molar-refractivity contribution in [2.75, 3.05) is 5.32 Å². The van der Waals surface area contributed by atoms with Crippen LogP contribution < -0.4 is 10.1 Å². The van der Waals surface area contributed by atoms with Crippen molar-refractivity contribution in [2.24, 2.45) is 7.05 Å². The van der Waals surface area contributed by atoms with E-state index in [0.717, 1.165) is 16.6 Å². The topological polar surface area (TPSA) is 81.9 Å². The molecule has 0 bridgehead atoms. The predicted molar refractivity (Wildman–Crippen MR) is 102 cm³/mol. The summed E-state index contributed by atoms with van der Waals surface area (Å²) < 4.78 is 7.78. The fourth-order valence-corrected chi connectivity index (χ4v) is 2.75. The lowest BCUT2D eigenvalue weighted by Gasteiger charge is -2.08. The monoisotopic (exact) mass is 359 g/mol. The zero-order valence-corrected chi connectivity index (χ0v) is 14.7.